The summed E-state index contributed by atoms with van der Waals surface area (Å²) >= 11 is 7.48. The van der Waals surface area contributed by atoms with Crippen molar-refractivity contribution in [2.24, 2.45) is 0 Å². The topological polar surface area (TPSA) is 64.0 Å². The van der Waals surface area contributed by atoms with Crippen LogP contribution in [-0.4, -0.2) is 27.8 Å². The second kappa shape index (κ2) is 7.93. The van der Waals surface area contributed by atoms with Crippen molar-refractivity contribution < 1.29 is 4.79 Å². The molecule has 0 fully saturated rings. The average molecular weight is 388 g/mol. The van der Waals surface area contributed by atoms with E-state index in [1.54, 1.807) is 24.3 Å². The summed E-state index contributed by atoms with van der Waals surface area (Å²) in [5.41, 5.74) is 1.87. The number of halogens is 1. The molecule has 0 aliphatic rings. The third-order valence-corrected chi connectivity index (χ3v) is 5.28. The number of hydrogen-bond acceptors (Lipinski definition) is 4. The summed E-state index contributed by atoms with van der Waals surface area (Å²) < 4.78 is 1.54. The second-order valence-corrected chi connectivity index (χ2v) is 7.03. The van der Waals surface area contributed by atoms with Gasteiger partial charge in [-0.1, -0.05) is 41.6 Å². The van der Waals surface area contributed by atoms with Crippen LogP contribution in [0.15, 0.2) is 52.4 Å². The van der Waals surface area contributed by atoms with Crippen LogP contribution in [0.1, 0.15) is 12.5 Å². The molecule has 0 unspecified atom stereocenters. The largest absolute Gasteiger partial charge is 0.356 e. The number of para-hydroxylation sites is 1. The number of aromatic nitrogens is 2. The first-order chi connectivity index (χ1) is 12.5. The third kappa shape index (κ3) is 3.61. The van der Waals surface area contributed by atoms with Gasteiger partial charge in [0.15, 0.2) is 5.16 Å². The molecule has 1 heterocycles. The Morgan fingerprint density at radius 2 is 2.00 bits per heavy atom. The van der Waals surface area contributed by atoms with Crippen molar-refractivity contribution in [3.63, 3.8) is 0 Å². The molecule has 0 bridgehead atoms. The summed E-state index contributed by atoms with van der Waals surface area (Å²) in [6, 6.07) is 12.6. The van der Waals surface area contributed by atoms with Gasteiger partial charge >= 0.3 is 0 Å². The van der Waals surface area contributed by atoms with Gasteiger partial charge in [-0.2, -0.15) is 0 Å². The fraction of sp³-hybridized carbons (Fsp3) is 0.211. The van der Waals surface area contributed by atoms with E-state index in [-0.39, 0.29) is 17.2 Å². The highest BCUT2D eigenvalue weighted by molar-refractivity contribution is 7.99. The van der Waals surface area contributed by atoms with Gasteiger partial charge in [0.25, 0.3) is 5.56 Å². The molecule has 0 saturated carbocycles. The molecule has 0 aliphatic carbocycles. The van der Waals surface area contributed by atoms with Gasteiger partial charge < -0.3 is 5.32 Å². The molecule has 134 valence electrons. The van der Waals surface area contributed by atoms with Crippen LogP contribution in [-0.2, 0) is 4.79 Å². The number of hydrogen-bond donors (Lipinski definition) is 1. The third-order valence-electron chi connectivity index (χ3n) is 3.93. The lowest BCUT2D eigenvalue weighted by atomic mass is 10.2. The summed E-state index contributed by atoms with van der Waals surface area (Å²) in [4.78, 5) is 29.6. The van der Waals surface area contributed by atoms with E-state index in [2.05, 4.69) is 10.3 Å². The van der Waals surface area contributed by atoms with Gasteiger partial charge in [0, 0.05) is 11.6 Å². The van der Waals surface area contributed by atoms with Gasteiger partial charge in [-0.3, -0.25) is 14.2 Å². The van der Waals surface area contributed by atoms with Crippen LogP contribution in [0.25, 0.3) is 16.6 Å². The quantitative estimate of drug-likeness (QED) is 0.537. The van der Waals surface area contributed by atoms with Crippen molar-refractivity contribution in [3.05, 3.63) is 63.4 Å². The molecular formula is C19H18ClN3O2S. The maximum atomic E-state index is 13.1. The Balaban J connectivity index is 2.19. The minimum absolute atomic E-state index is 0.103. The van der Waals surface area contributed by atoms with Gasteiger partial charge in [-0.25, -0.2) is 4.98 Å². The number of thioether (sulfide) groups is 1. The molecule has 26 heavy (non-hydrogen) atoms. The number of amides is 1. The summed E-state index contributed by atoms with van der Waals surface area (Å²) in [7, 11) is 0. The Morgan fingerprint density at radius 1 is 1.23 bits per heavy atom. The molecule has 0 saturated heterocycles. The molecule has 3 rings (SSSR count). The van der Waals surface area contributed by atoms with Crippen molar-refractivity contribution in [2.45, 2.75) is 19.0 Å². The van der Waals surface area contributed by atoms with Crippen molar-refractivity contribution in [1.82, 2.24) is 14.9 Å². The fourth-order valence-electron chi connectivity index (χ4n) is 2.64. The van der Waals surface area contributed by atoms with E-state index in [0.717, 1.165) is 5.56 Å². The minimum atomic E-state index is -0.181. The summed E-state index contributed by atoms with van der Waals surface area (Å²) in [6.45, 7) is 4.28. The highest BCUT2D eigenvalue weighted by Gasteiger charge is 2.16. The number of nitrogens with zero attached hydrogens (tertiary/aromatic N) is 2. The van der Waals surface area contributed by atoms with E-state index in [0.29, 0.717) is 33.3 Å². The van der Waals surface area contributed by atoms with Crippen LogP contribution < -0.4 is 10.9 Å². The van der Waals surface area contributed by atoms with Crippen LogP contribution in [0.3, 0.4) is 0 Å². The van der Waals surface area contributed by atoms with Crippen molar-refractivity contribution >= 4 is 40.2 Å². The molecule has 1 N–H and O–H groups in total. The molecule has 7 heteroatoms. The molecule has 1 aromatic heterocycles. The Kier molecular flexibility index (Phi) is 5.64. The first-order valence-electron chi connectivity index (χ1n) is 8.19. The molecule has 5 nitrogen and oxygen atoms in total. The number of rotatable bonds is 5. The van der Waals surface area contributed by atoms with E-state index in [4.69, 9.17) is 11.6 Å². The molecule has 3 aromatic rings. The average Bonchev–Trinajstić information content (AvgIpc) is 2.63. The molecular weight excluding hydrogens is 370 g/mol. The van der Waals surface area contributed by atoms with Gasteiger partial charge in [0.05, 0.1) is 22.3 Å². The first kappa shape index (κ1) is 18.5. The lowest BCUT2D eigenvalue weighted by molar-refractivity contribution is -0.118. The monoisotopic (exact) mass is 387 g/mol. The highest BCUT2D eigenvalue weighted by atomic mass is 35.5. The van der Waals surface area contributed by atoms with Crippen LogP contribution in [0.2, 0.25) is 5.02 Å². The van der Waals surface area contributed by atoms with Gasteiger partial charge in [-0.15, -0.1) is 0 Å². The van der Waals surface area contributed by atoms with E-state index in [1.807, 2.05) is 32.0 Å². The van der Waals surface area contributed by atoms with Crippen LogP contribution >= 0.6 is 23.4 Å². The SMILES string of the molecule is CCNC(=O)CSc1nc2ccccc2c(=O)n1-c1cccc(Cl)c1C. The molecule has 0 aliphatic heterocycles. The zero-order valence-electron chi connectivity index (χ0n) is 14.5. The van der Waals surface area contributed by atoms with Crippen molar-refractivity contribution in [3.8, 4) is 5.69 Å². The van der Waals surface area contributed by atoms with Crippen LogP contribution in [0, 0.1) is 6.92 Å². The van der Waals surface area contributed by atoms with Gasteiger partial charge in [-0.05, 0) is 43.7 Å². The number of nitrogens with one attached hydrogen (secondary N) is 1. The minimum Gasteiger partial charge on any atom is -0.356 e. The second-order valence-electron chi connectivity index (χ2n) is 5.68. The Bertz CT molecular complexity index is 1030. The van der Waals surface area contributed by atoms with E-state index >= 15 is 0 Å². The number of carbonyl (C=O) groups is 1. The predicted molar refractivity (Wildman–Crippen MR) is 106 cm³/mol. The number of fused-ring (bicyclic) bond motifs is 1. The lowest BCUT2D eigenvalue weighted by Crippen LogP contribution is -2.26. The van der Waals surface area contributed by atoms with Crippen LogP contribution in [0.4, 0.5) is 0 Å². The van der Waals surface area contributed by atoms with Gasteiger partial charge in [0.2, 0.25) is 5.91 Å². The standard InChI is InChI=1S/C19H18ClN3O2S/c1-3-21-17(24)11-26-19-22-15-9-5-4-7-13(15)18(25)23(19)16-10-6-8-14(20)12(16)2/h4-10H,3,11H2,1-2H3,(H,21,24). The molecule has 0 spiro atoms. The Morgan fingerprint density at radius 3 is 2.77 bits per heavy atom. The Labute approximate surface area is 160 Å². The molecule has 1 amide bonds. The normalized spacial score (nSPS) is 10.9. The smallest absolute Gasteiger partial charge is 0.266 e. The molecule has 0 radical (unpaired) electrons. The Hall–Kier alpha value is -2.31. The van der Waals surface area contributed by atoms with E-state index in [1.165, 1.54) is 16.3 Å². The maximum Gasteiger partial charge on any atom is 0.266 e. The van der Waals surface area contributed by atoms with Crippen molar-refractivity contribution in [2.75, 3.05) is 12.3 Å². The molecule has 2 aromatic carbocycles. The summed E-state index contributed by atoms with van der Waals surface area (Å²) in [5, 5.41) is 4.31. The zero-order valence-corrected chi connectivity index (χ0v) is 16.0. The van der Waals surface area contributed by atoms with E-state index < -0.39 is 0 Å². The number of benzene rings is 2. The summed E-state index contributed by atoms with van der Waals surface area (Å²) in [6.07, 6.45) is 0. The summed E-state index contributed by atoms with van der Waals surface area (Å²) in [5.74, 6) is 0.0763. The van der Waals surface area contributed by atoms with Crippen LogP contribution in [0.5, 0.6) is 0 Å². The highest BCUT2D eigenvalue weighted by Crippen LogP contribution is 2.26. The number of carbonyl (C=O) groups excluding carboxylic acids is 1. The fourth-order valence-corrected chi connectivity index (χ4v) is 3.64. The maximum absolute atomic E-state index is 13.1. The van der Waals surface area contributed by atoms with Gasteiger partial charge in [0.1, 0.15) is 0 Å². The zero-order chi connectivity index (χ0) is 18.7. The predicted octanol–water partition coefficient (Wildman–Crippen LogP) is 3.58. The first-order valence-corrected chi connectivity index (χ1v) is 9.56. The van der Waals surface area contributed by atoms with Crippen molar-refractivity contribution in [1.29, 1.82) is 0 Å². The molecule has 0 atom stereocenters. The van der Waals surface area contributed by atoms with E-state index in [9.17, 15) is 9.59 Å². The lowest BCUT2D eigenvalue weighted by Gasteiger charge is -2.15.